The number of fused-ring (bicyclic) bond motifs is 1. The maximum absolute atomic E-state index is 13.5. The van der Waals surface area contributed by atoms with E-state index in [1.165, 1.54) is 30.5 Å². The third-order valence-corrected chi connectivity index (χ3v) is 7.31. The molecule has 188 valence electrons. The minimum Gasteiger partial charge on any atom is -0.507 e. The molecule has 1 fully saturated rings. The van der Waals surface area contributed by atoms with Crippen LogP contribution in [0, 0.1) is 6.92 Å². The van der Waals surface area contributed by atoms with E-state index >= 15 is 0 Å². The normalized spacial score (nSPS) is 16.9. The number of nitrogens with zero attached hydrogens (tertiary/aromatic N) is 2. The number of aliphatic hydroxyl groups is 1. The predicted octanol–water partition coefficient (Wildman–Crippen LogP) is 5.26. The van der Waals surface area contributed by atoms with Crippen LogP contribution in [0.1, 0.15) is 22.7 Å². The Balaban J connectivity index is 1.77. The van der Waals surface area contributed by atoms with Gasteiger partial charge in [0.2, 0.25) is 0 Å². The molecule has 1 atom stereocenters. The number of thiazole rings is 1. The fourth-order valence-corrected chi connectivity index (χ4v) is 5.39. The first-order valence-electron chi connectivity index (χ1n) is 11.4. The number of Topliss-reactive ketones (excluding diaryl/α,β-unsaturated/α-hetero) is 1. The molecule has 1 saturated heterocycles. The lowest BCUT2D eigenvalue weighted by atomic mass is 9.94. The molecule has 9 heteroatoms. The van der Waals surface area contributed by atoms with Crippen LogP contribution in [0.4, 0.5) is 5.13 Å². The molecule has 3 aromatic carbocycles. The molecule has 4 aromatic rings. The fraction of sp³-hybridized carbons (Fsp3) is 0.179. The summed E-state index contributed by atoms with van der Waals surface area (Å²) in [5, 5.41) is 11.7. The van der Waals surface area contributed by atoms with Crippen LogP contribution >= 0.6 is 11.3 Å². The van der Waals surface area contributed by atoms with E-state index in [0.717, 1.165) is 10.3 Å². The largest absolute Gasteiger partial charge is 0.507 e. The summed E-state index contributed by atoms with van der Waals surface area (Å²) in [4.78, 5) is 33.0. The maximum atomic E-state index is 13.5. The Morgan fingerprint density at radius 3 is 2.27 bits per heavy atom. The topological polar surface area (TPSA) is 98.2 Å². The van der Waals surface area contributed by atoms with E-state index in [0.29, 0.717) is 39.0 Å². The zero-order valence-corrected chi connectivity index (χ0v) is 21.5. The summed E-state index contributed by atoms with van der Waals surface area (Å²) in [7, 11) is 4.60. The van der Waals surface area contributed by atoms with E-state index in [9.17, 15) is 14.7 Å². The number of methoxy groups -OCH3 is 3. The Morgan fingerprint density at radius 1 is 0.919 bits per heavy atom. The van der Waals surface area contributed by atoms with Crippen LogP contribution in [0.25, 0.3) is 16.0 Å². The average molecular weight is 517 g/mol. The number of carbonyl (C=O) groups is 2. The van der Waals surface area contributed by atoms with Gasteiger partial charge in [0.15, 0.2) is 5.13 Å². The zero-order chi connectivity index (χ0) is 26.3. The summed E-state index contributed by atoms with van der Waals surface area (Å²) >= 11 is 1.25. The van der Waals surface area contributed by atoms with Gasteiger partial charge in [0, 0.05) is 11.1 Å². The highest BCUT2D eigenvalue weighted by Gasteiger charge is 2.49. The Morgan fingerprint density at radius 2 is 1.59 bits per heavy atom. The fourth-order valence-electron chi connectivity index (χ4n) is 4.37. The molecule has 1 aliphatic heterocycles. The van der Waals surface area contributed by atoms with Crippen molar-refractivity contribution in [2.24, 2.45) is 0 Å². The summed E-state index contributed by atoms with van der Waals surface area (Å²) in [6, 6.07) is 16.6. The quantitative estimate of drug-likeness (QED) is 0.212. The number of aryl methyl sites for hydroxylation is 1. The Bertz CT molecular complexity index is 1560. The number of aromatic nitrogens is 1. The standard InChI is InChI=1S/C28H24N2O6S/c1-15-5-7-16(8-6-15)25(31)23-24(19-13-17(34-2)10-12-21(19)36-4)30(27(33)26(23)32)28-29-20-11-9-18(35-3)14-22(20)37-28/h5-14,24,31H,1-4H3/t24-/m1/s1. The molecule has 5 rings (SSSR count). The van der Waals surface area contributed by atoms with Gasteiger partial charge in [-0.2, -0.15) is 0 Å². The molecule has 1 aliphatic rings. The van der Waals surface area contributed by atoms with E-state index < -0.39 is 17.7 Å². The highest BCUT2D eigenvalue weighted by Crippen LogP contribution is 2.47. The van der Waals surface area contributed by atoms with Crippen LogP contribution in [-0.4, -0.2) is 43.1 Å². The van der Waals surface area contributed by atoms with Gasteiger partial charge >= 0.3 is 5.91 Å². The Kier molecular flexibility index (Phi) is 6.31. The zero-order valence-electron chi connectivity index (χ0n) is 20.6. The third kappa shape index (κ3) is 4.17. The minimum absolute atomic E-state index is 0.0581. The lowest BCUT2D eigenvalue weighted by Gasteiger charge is -2.25. The number of hydrogen-bond acceptors (Lipinski definition) is 8. The molecular formula is C28H24N2O6S. The van der Waals surface area contributed by atoms with E-state index in [1.807, 2.05) is 25.1 Å². The molecule has 2 heterocycles. The van der Waals surface area contributed by atoms with Crippen molar-refractivity contribution in [3.63, 3.8) is 0 Å². The number of aliphatic hydroxyl groups excluding tert-OH is 1. The van der Waals surface area contributed by atoms with Crippen molar-refractivity contribution in [2.45, 2.75) is 13.0 Å². The van der Waals surface area contributed by atoms with E-state index in [4.69, 9.17) is 14.2 Å². The van der Waals surface area contributed by atoms with Gasteiger partial charge in [-0.15, -0.1) is 0 Å². The van der Waals surface area contributed by atoms with Crippen molar-refractivity contribution in [1.29, 1.82) is 0 Å². The van der Waals surface area contributed by atoms with Crippen molar-refractivity contribution in [3.05, 3.63) is 82.9 Å². The van der Waals surface area contributed by atoms with Gasteiger partial charge in [-0.1, -0.05) is 41.2 Å². The highest BCUT2D eigenvalue weighted by atomic mass is 32.1. The highest BCUT2D eigenvalue weighted by molar-refractivity contribution is 7.22. The molecule has 1 amide bonds. The lowest BCUT2D eigenvalue weighted by molar-refractivity contribution is -0.132. The van der Waals surface area contributed by atoms with Crippen molar-refractivity contribution in [1.82, 2.24) is 4.98 Å². The van der Waals surface area contributed by atoms with Crippen molar-refractivity contribution < 1.29 is 28.9 Å². The summed E-state index contributed by atoms with van der Waals surface area (Å²) in [5.41, 5.74) is 2.49. The number of hydrogen-bond donors (Lipinski definition) is 1. The van der Waals surface area contributed by atoms with E-state index in [2.05, 4.69) is 4.98 Å². The first-order chi connectivity index (χ1) is 17.9. The van der Waals surface area contributed by atoms with Gasteiger partial charge in [-0.05, 0) is 43.3 Å². The van der Waals surface area contributed by atoms with Crippen molar-refractivity contribution in [3.8, 4) is 17.2 Å². The third-order valence-electron chi connectivity index (χ3n) is 6.29. The maximum Gasteiger partial charge on any atom is 0.301 e. The van der Waals surface area contributed by atoms with Crippen molar-refractivity contribution >= 4 is 44.1 Å². The van der Waals surface area contributed by atoms with Gasteiger partial charge in [0.25, 0.3) is 5.78 Å². The van der Waals surface area contributed by atoms with Crippen LogP contribution in [-0.2, 0) is 9.59 Å². The SMILES string of the molecule is COc1ccc(OC)c([C@@H]2C(=C(O)c3ccc(C)cc3)C(=O)C(=O)N2c2nc3ccc(OC)cc3s2)c1. The number of ether oxygens (including phenoxy) is 3. The molecule has 0 spiro atoms. The van der Waals surface area contributed by atoms with Crippen LogP contribution in [0.2, 0.25) is 0 Å². The number of rotatable bonds is 6. The van der Waals surface area contributed by atoms with Gasteiger partial charge in [0.1, 0.15) is 29.0 Å². The number of ketones is 1. The number of benzene rings is 3. The molecule has 0 unspecified atom stereocenters. The lowest BCUT2D eigenvalue weighted by Crippen LogP contribution is -2.29. The van der Waals surface area contributed by atoms with Gasteiger partial charge < -0.3 is 19.3 Å². The smallest absolute Gasteiger partial charge is 0.301 e. The van der Waals surface area contributed by atoms with Crippen LogP contribution in [0.15, 0.2) is 66.2 Å². The summed E-state index contributed by atoms with van der Waals surface area (Å²) < 4.78 is 17.1. The van der Waals surface area contributed by atoms with Crippen molar-refractivity contribution in [2.75, 3.05) is 26.2 Å². The van der Waals surface area contributed by atoms with E-state index in [-0.39, 0.29) is 11.3 Å². The monoisotopic (exact) mass is 516 g/mol. The van der Waals surface area contributed by atoms with Crippen LogP contribution in [0.3, 0.4) is 0 Å². The molecule has 0 bridgehead atoms. The molecule has 8 nitrogen and oxygen atoms in total. The molecule has 0 aliphatic carbocycles. The summed E-state index contributed by atoms with van der Waals surface area (Å²) in [5.74, 6) is -0.311. The Labute approximate surface area is 217 Å². The molecule has 0 saturated carbocycles. The van der Waals surface area contributed by atoms with Gasteiger partial charge in [-0.25, -0.2) is 4.98 Å². The molecule has 0 radical (unpaired) electrons. The molecular weight excluding hydrogens is 492 g/mol. The predicted molar refractivity (Wildman–Crippen MR) is 142 cm³/mol. The van der Waals surface area contributed by atoms with E-state index in [1.54, 1.807) is 49.6 Å². The second-order valence-corrected chi connectivity index (χ2v) is 9.48. The van der Waals surface area contributed by atoms with Gasteiger partial charge in [-0.3, -0.25) is 14.5 Å². The molecule has 37 heavy (non-hydrogen) atoms. The first-order valence-corrected chi connectivity index (χ1v) is 12.2. The van der Waals surface area contributed by atoms with Crippen LogP contribution in [0.5, 0.6) is 17.2 Å². The Hall–Kier alpha value is -4.37. The average Bonchev–Trinajstić information content (AvgIpc) is 3.45. The summed E-state index contributed by atoms with van der Waals surface area (Å²) in [6.07, 6.45) is 0. The number of carbonyl (C=O) groups excluding carboxylic acids is 2. The number of anilines is 1. The minimum atomic E-state index is -1.01. The van der Waals surface area contributed by atoms with Crippen LogP contribution < -0.4 is 19.1 Å². The molecule has 1 aromatic heterocycles. The summed E-state index contributed by atoms with van der Waals surface area (Å²) in [6.45, 7) is 1.92. The first kappa shape index (κ1) is 24.3. The second kappa shape index (κ2) is 9.59. The number of amides is 1. The second-order valence-electron chi connectivity index (χ2n) is 8.47. The molecule has 1 N–H and O–H groups in total. The van der Waals surface area contributed by atoms with Gasteiger partial charge in [0.05, 0.1) is 37.1 Å².